The van der Waals surface area contributed by atoms with E-state index in [1.54, 1.807) is 33.3 Å². The van der Waals surface area contributed by atoms with Gasteiger partial charge in [-0.05, 0) is 54.2 Å². The number of hydrogen-bond donors (Lipinski definition) is 1. The molecule has 0 saturated carbocycles. The molecule has 3 aromatic carbocycles. The molecule has 5 rings (SSSR count). The Bertz CT molecular complexity index is 1650. The lowest BCUT2D eigenvalue weighted by atomic mass is 9.71. The third-order valence-corrected chi connectivity index (χ3v) is 8.21. The van der Waals surface area contributed by atoms with Crippen molar-refractivity contribution in [1.82, 2.24) is 5.32 Å². The van der Waals surface area contributed by atoms with Gasteiger partial charge in [-0.3, -0.25) is 14.9 Å². The molecule has 3 aromatic rings. The Morgan fingerprint density at radius 1 is 1.00 bits per heavy atom. The van der Waals surface area contributed by atoms with E-state index in [2.05, 4.69) is 5.32 Å². The summed E-state index contributed by atoms with van der Waals surface area (Å²) in [5, 5.41) is 15.0. The maximum atomic E-state index is 13.9. The molecule has 2 atom stereocenters. The number of nitrogens with one attached hydrogen (secondary N) is 1. The Kier molecular flexibility index (Phi) is 8.82. The lowest BCUT2D eigenvalue weighted by Gasteiger charge is -2.36. The number of ether oxygens (including phenoxy) is 3. The zero-order valence-corrected chi connectivity index (χ0v) is 24.8. The Morgan fingerprint density at radius 2 is 1.72 bits per heavy atom. The number of carbonyl (C=O) groups excluding carboxylic acids is 2. The summed E-state index contributed by atoms with van der Waals surface area (Å²) in [4.78, 5) is 38.8. The minimum Gasteiger partial charge on any atom is -0.493 e. The Hall–Kier alpha value is -4.63. The SMILES string of the molecule is COc1ccc([C@@H]2CC(=O)C3=C(C2)NC(C)=C(C(=O)OCCc2ccccc2)[C@H]3c2ccc(Cl)c([N+](=O)[O-])c2)cc1OC. The maximum absolute atomic E-state index is 13.9. The largest absolute Gasteiger partial charge is 0.493 e. The highest BCUT2D eigenvalue weighted by Crippen LogP contribution is 2.47. The number of benzene rings is 3. The minimum atomic E-state index is -0.865. The summed E-state index contributed by atoms with van der Waals surface area (Å²) in [6.45, 7) is 1.88. The maximum Gasteiger partial charge on any atom is 0.336 e. The molecule has 0 radical (unpaired) electrons. The van der Waals surface area contributed by atoms with Gasteiger partial charge in [0.15, 0.2) is 17.3 Å². The van der Waals surface area contributed by atoms with Gasteiger partial charge in [-0.2, -0.15) is 0 Å². The van der Waals surface area contributed by atoms with E-state index in [-0.39, 0.29) is 41.0 Å². The van der Waals surface area contributed by atoms with Gasteiger partial charge < -0.3 is 19.5 Å². The molecule has 0 spiro atoms. The Balaban J connectivity index is 1.52. The number of rotatable bonds is 9. The number of Topliss-reactive ketones (excluding diaryl/α,β-unsaturated/α-hetero) is 1. The van der Waals surface area contributed by atoms with Crippen molar-refractivity contribution in [2.45, 2.75) is 38.0 Å². The third-order valence-electron chi connectivity index (χ3n) is 7.89. The molecule has 1 heterocycles. The predicted octanol–water partition coefficient (Wildman–Crippen LogP) is 6.41. The summed E-state index contributed by atoms with van der Waals surface area (Å²) in [5.74, 6) is -0.640. The second-order valence-electron chi connectivity index (χ2n) is 10.5. The summed E-state index contributed by atoms with van der Waals surface area (Å²) in [6.07, 6.45) is 1.18. The number of nitro groups is 1. The highest BCUT2D eigenvalue weighted by Gasteiger charge is 2.42. The van der Waals surface area contributed by atoms with E-state index in [9.17, 15) is 19.7 Å². The van der Waals surface area contributed by atoms with Crippen LogP contribution in [0.5, 0.6) is 11.5 Å². The van der Waals surface area contributed by atoms with E-state index in [4.69, 9.17) is 25.8 Å². The van der Waals surface area contributed by atoms with Crippen molar-refractivity contribution in [2.75, 3.05) is 20.8 Å². The van der Waals surface area contributed by atoms with Gasteiger partial charge in [0.25, 0.3) is 5.69 Å². The number of hydrogen-bond acceptors (Lipinski definition) is 8. The van der Waals surface area contributed by atoms with Gasteiger partial charge in [0.1, 0.15) is 5.02 Å². The van der Waals surface area contributed by atoms with Gasteiger partial charge in [-0.1, -0.05) is 54.1 Å². The van der Waals surface area contributed by atoms with Crippen LogP contribution in [0.1, 0.15) is 48.3 Å². The van der Waals surface area contributed by atoms with Gasteiger partial charge >= 0.3 is 5.97 Å². The molecule has 2 aliphatic rings. The fourth-order valence-corrected chi connectivity index (χ4v) is 6.01. The van der Waals surface area contributed by atoms with Gasteiger partial charge in [-0.25, -0.2) is 4.79 Å². The standard InChI is InChI=1S/C33H31ClN2O7/c1-19-30(33(38)43-14-13-20-7-5-4-6-8-20)31(22-9-11-24(34)26(16-22)36(39)40)32-25(35-19)15-23(17-27(32)37)21-10-12-28(41-2)29(18-21)42-3/h4-12,16,18,23,31,35H,13-15,17H2,1-3H3/t23-,31+/m0/s1. The lowest BCUT2D eigenvalue weighted by molar-refractivity contribution is -0.384. The number of allylic oxidation sites excluding steroid dienone is 3. The minimum absolute atomic E-state index is 0.0342. The second-order valence-corrected chi connectivity index (χ2v) is 10.9. The van der Waals surface area contributed by atoms with Crippen molar-refractivity contribution in [1.29, 1.82) is 0 Å². The first kappa shape index (κ1) is 29.8. The molecule has 0 aromatic heterocycles. The number of carbonyl (C=O) groups is 2. The number of nitro benzene ring substituents is 1. The van der Waals surface area contributed by atoms with Gasteiger partial charge in [0.05, 0.1) is 31.3 Å². The molecule has 9 nitrogen and oxygen atoms in total. The fourth-order valence-electron chi connectivity index (χ4n) is 5.82. The molecule has 0 saturated heterocycles. The normalized spacial score (nSPS) is 18.1. The monoisotopic (exact) mass is 602 g/mol. The molecule has 1 aliphatic carbocycles. The van der Waals surface area contributed by atoms with Crippen LogP contribution in [0, 0.1) is 10.1 Å². The van der Waals surface area contributed by atoms with E-state index >= 15 is 0 Å². The van der Waals surface area contributed by atoms with Crippen molar-refractivity contribution in [3.63, 3.8) is 0 Å². The van der Waals surface area contributed by atoms with E-state index < -0.39 is 16.8 Å². The summed E-state index contributed by atoms with van der Waals surface area (Å²) >= 11 is 6.13. The summed E-state index contributed by atoms with van der Waals surface area (Å²) in [6, 6.07) is 19.6. The highest BCUT2D eigenvalue weighted by molar-refractivity contribution is 6.32. The van der Waals surface area contributed by atoms with Crippen molar-refractivity contribution >= 4 is 29.0 Å². The first-order valence-electron chi connectivity index (χ1n) is 13.8. The fraction of sp³-hybridized carbons (Fsp3) is 0.273. The number of halogens is 1. The van der Waals surface area contributed by atoms with Crippen LogP contribution < -0.4 is 14.8 Å². The highest BCUT2D eigenvalue weighted by atomic mass is 35.5. The predicted molar refractivity (Wildman–Crippen MR) is 161 cm³/mol. The van der Waals surface area contributed by atoms with Crippen LogP contribution in [0.2, 0.25) is 5.02 Å². The summed E-state index contributed by atoms with van der Waals surface area (Å²) in [5.41, 5.74) is 3.85. The van der Waals surface area contributed by atoms with Crippen LogP contribution in [-0.4, -0.2) is 37.5 Å². The number of esters is 1. The average molecular weight is 603 g/mol. The Morgan fingerprint density at radius 3 is 2.42 bits per heavy atom. The number of dihydropyridines is 1. The number of methoxy groups -OCH3 is 2. The molecule has 0 bridgehead atoms. The lowest BCUT2D eigenvalue weighted by Crippen LogP contribution is -2.36. The quantitative estimate of drug-likeness (QED) is 0.170. The van der Waals surface area contributed by atoms with Crippen molar-refractivity contribution in [3.05, 3.63) is 121 Å². The molecule has 10 heteroatoms. The van der Waals surface area contributed by atoms with Crippen LogP contribution in [0.3, 0.4) is 0 Å². The van der Waals surface area contributed by atoms with Crippen molar-refractivity contribution in [3.8, 4) is 11.5 Å². The van der Waals surface area contributed by atoms with Gasteiger partial charge in [0, 0.05) is 41.8 Å². The second kappa shape index (κ2) is 12.7. The van der Waals surface area contributed by atoms with E-state index in [1.165, 1.54) is 12.1 Å². The van der Waals surface area contributed by atoms with Crippen LogP contribution in [0.4, 0.5) is 5.69 Å². The van der Waals surface area contributed by atoms with E-state index in [0.717, 1.165) is 11.1 Å². The number of nitrogens with zero attached hydrogens (tertiary/aromatic N) is 1. The first-order valence-corrected chi connectivity index (χ1v) is 14.2. The van der Waals surface area contributed by atoms with Crippen molar-refractivity contribution < 1.29 is 28.7 Å². The van der Waals surface area contributed by atoms with Crippen LogP contribution in [0.15, 0.2) is 89.3 Å². The van der Waals surface area contributed by atoms with E-state index in [0.29, 0.717) is 46.9 Å². The zero-order chi connectivity index (χ0) is 30.7. The molecular formula is C33H31ClN2O7. The van der Waals surface area contributed by atoms with Crippen LogP contribution in [-0.2, 0) is 20.7 Å². The zero-order valence-electron chi connectivity index (χ0n) is 24.0. The molecule has 1 N–H and O–H groups in total. The molecular weight excluding hydrogens is 572 g/mol. The molecule has 0 amide bonds. The van der Waals surface area contributed by atoms with Crippen LogP contribution >= 0.6 is 11.6 Å². The Labute approximate surface area is 254 Å². The average Bonchev–Trinajstić information content (AvgIpc) is 3.00. The van der Waals surface area contributed by atoms with Gasteiger partial charge in [-0.15, -0.1) is 0 Å². The molecule has 43 heavy (non-hydrogen) atoms. The smallest absolute Gasteiger partial charge is 0.336 e. The van der Waals surface area contributed by atoms with Crippen LogP contribution in [0.25, 0.3) is 0 Å². The van der Waals surface area contributed by atoms with Crippen molar-refractivity contribution in [2.24, 2.45) is 0 Å². The summed E-state index contributed by atoms with van der Waals surface area (Å²) in [7, 11) is 3.12. The summed E-state index contributed by atoms with van der Waals surface area (Å²) < 4.78 is 16.5. The van der Waals surface area contributed by atoms with Gasteiger partial charge in [0.2, 0.25) is 0 Å². The molecule has 222 valence electrons. The number of ketones is 1. The molecule has 1 aliphatic heterocycles. The third kappa shape index (κ3) is 6.12. The van der Waals surface area contributed by atoms with E-state index in [1.807, 2.05) is 42.5 Å². The molecule has 0 fully saturated rings. The topological polar surface area (TPSA) is 117 Å². The first-order chi connectivity index (χ1) is 20.7. The molecule has 0 unspecified atom stereocenters.